The standard InChI is InChI=1S/C28H23ClFN3O7S2/c29-24-3-1-2-4-25(24)32-41(35,36)22-11-7-20(8-12-22)31-28(34)18-33(21-9-5-19(30)6-10-21)42(37,38)23-13-14-26-27(17-23)40-16-15-39-26/h1-14,17,32H,15-16,18H2,(H,31,34). The summed E-state index contributed by atoms with van der Waals surface area (Å²) in [5.41, 5.74) is 0.470. The van der Waals surface area contributed by atoms with Gasteiger partial charge in [0.15, 0.2) is 11.5 Å². The van der Waals surface area contributed by atoms with Gasteiger partial charge in [-0.1, -0.05) is 23.7 Å². The summed E-state index contributed by atoms with van der Waals surface area (Å²) in [6.45, 7) is -0.0982. The number of ether oxygens (including phenoxy) is 2. The van der Waals surface area contributed by atoms with Crippen molar-refractivity contribution in [3.8, 4) is 11.5 Å². The number of benzene rings is 4. The molecule has 0 spiro atoms. The van der Waals surface area contributed by atoms with Gasteiger partial charge in [0.25, 0.3) is 20.0 Å². The lowest BCUT2D eigenvalue weighted by atomic mass is 10.3. The van der Waals surface area contributed by atoms with Crippen LogP contribution in [0.4, 0.5) is 21.5 Å². The number of sulfonamides is 2. The number of para-hydroxylation sites is 1. The Hall–Kier alpha value is -4.33. The molecule has 4 aromatic rings. The molecule has 14 heteroatoms. The maximum absolute atomic E-state index is 13.7. The monoisotopic (exact) mass is 631 g/mol. The van der Waals surface area contributed by atoms with Gasteiger partial charge >= 0.3 is 0 Å². The summed E-state index contributed by atoms with van der Waals surface area (Å²) in [5, 5.41) is 2.79. The average Bonchev–Trinajstić information content (AvgIpc) is 2.97. The van der Waals surface area contributed by atoms with Crippen LogP contribution in [0.25, 0.3) is 0 Å². The zero-order chi connectivity index (χ0) is 29.9. The molecule has 0 fully saturated rings. The summed E-state index contributed by atoms with van der Waals surface area (Å²) in [4.78, 5) is 12.8. The zero-order valence-electron chi connectivity index (χ0n) is 21.7. The van der Waals surface area contributed by atoms with Crippen molar-refractivity contribution >= 4 is 54.6 Å². The number of carbonyl (C=O) groups is 1. The lowest BCUT2D eigenvalue weighted by Gasteiger charge is -2.25. The van der Waals surface area contributed by atoms with Crippen LogP contribution in [0, 0.1) is 5.82 Å². The van der Waals surface area contributed by atoms with Crippen LogP contribution in [0.3, 0.4) is 0 Å². The fraction of sp³-hybridized carbons (Fsp3) is 0.107. The molecule has 10 nitrogen and oxygen atoms in total. The summed E-state index contributed by atoms with van der Waals surface area (Å²) < 4.78 is 80.8. The molecule has 0 saturated heterocycles. The van der Waals surface area contributed by atoms with E-state index in [1.165, 1.54) is 60.7 Å². The largest absolute Gasteiger partial charge is 0.486 e. The number of anilines is 3. The van der Waals surface area contributed by atoms with Gasteiger partial charge < -0.3 is 14.8 Å². The van der Waals surface area contributed by atoms with E-state index in [1.807, 2.05) is 0 Å². The second kappa shape index (κ2) is 11.9. The van der Waals surface area contributed by atoms with E-state index in [4.69, 9.17) is 21.1 Å². The number of rotatable bonds is 9. The third kappa shape index (κ3) is 6.43. The van der Waals surface area contributed by atoms with Crippen LogP contribution in [-0.2, 0) is 24.8 Å². The van der Waals surface area contributed by atoms with Crippen molar-refractivity contribution in [2.45, 2.75) is 9.79 Å². The van der Waals surface area contributed by atoms with Gasteiger partial charge in [-0.05, 0) is 72.8 Å². The molecule has 0 saturated carbocycles. The summed E-state index contributed by atoms with van der Waals surface area (Å²) in [6, 6.07) is 20.3. The Kier molecular flexibility index (Phi) is 8.25. The molecule has 0 unspecified atom stereocenters. The first kappa shape index (κ1) is 29.2. The molecule has 4 aromatic carbocycles. The minimum atomic E-state index is -4.33. The molecule has 218 valence electrons. The predicted octanol–water partition coefficient (Wildman–Crippen LogP) is 4.89. The highest BCUT2D eigenvalue weighted by molar-refractivity contribution is 7.93. The van der Waals surface area contributed by atoms with Gasteiger partial charge in [0, 0.05) is 11.8 Å². The smallest absolute Gasteiger partial charge is 0.264 e. The number of hydrogen-bond donors (Lipinski definition) is 2. The number of nitrogens with one attached hydrogen (secondary N) is 2. The van der Waals surface area contributed by atoms with Crippen LogP contribution in [0.1, 0.15) is 0 Å². The molecule has 1 amide bonds. The number of carbonyl (C=O) groups excluding carboxylic acids is 1. The topological polar surface area (TPSA) is 131 Å². The Labute approximate surface area is 246 Å². The molecular formula is C28H23ClFN3O7S2. The first-order valence-electron chi connectivity index (χ1n) is 12.4. The van der Waals surface area contributed by atoms with Crippen LogP contribution in [0.15, 0.2) is 101 Å². The van der Waals surface area contributed by atoms with Gasteiger partial charge in [-0.3, -0.25) is 13.8 Å². The number of amides is 1. The SMILES string of the molecule is O=C(CN(c1ccc(F)cc1)S(=O)(=O)c1ccc2c(c1)OCCO2)Nc1ccc(S(=O)(=O)Nc2ccccc2Cl)cc1. The molecular weight excluding hydrogens is 609 g/mol. The van der Waals surface area contributed by atoms with Crippen molar-refractivity contribution < 1.29 is 35.5 Å². The van der Waals surface area contributed by atoms with Gasteiger partial charge in [-0.15, -0.1) is 0 Å². The quantitative estimate of drug-likeness (QED) is 0.269. The summed E-state index contributed by atoms with van der Waals surface area (Å²) in [6.07, 6.45) is 0. The van der Waals surface area contributed by atoms with Gasteiger partial charge in [0.2, 0.25) is 5.91 Å². The molecule has 0 aromatic heterocycles. The molecule has 0 radical (unpaired) electrons. The molecule has 0 bridgehead atoms. The number of halogens is 2. The highest BCUT2D eigenvalue weighted by Crippen LogP contribution is 2.34. The molecule has 42 heavy (non-hydrogen) atoms. The van der Waals surface area contributed by atoms with E-state index in [2.05, 4.69) is 10.0 Å². The molecule has 1 aliphatic rings. The van der Waals surface area contributed by atoms with E-state index < -0.39 is 38.3 Å². The zero-order valence-corrected chi connectivity index (χ0v) is 24.0. The number of fused-ring (bicyclic) bond motifs is 1. The van der Waals surface area contributed by atoms with Gasteiger partial charge in [-0.25, -0.2) is 21.2 Å². The second-order valence-electron chi connectivity index (χ2n) is 8.95. The molecule has 2 N–H and O–H groups in total. The van der Waals surface area contributed by atoms with Crippen LogP contribution >= 0.6 is 11.6 Å². The van der Waals surface area contributed by atoms with Crippen molar-refractivity contribution in [3.05, 3.63) is 102 Å². The van der Waals surface area contributed by atoms with Gasteiger partial charge in [-0.2, -0.15) is 0 Å². The minimum absolute atomic E-state index is 0.0496. The molecule has 1 heterocycles. The lowest BCUT2D eigenvalue weighted by molar-refractivity contribution is -0.114. The number of nitrogens with zero attached hydrogens (tertiary/aromatic N) is 1. The molecule has 1 aliphatic heterocycles. The lowest BCUT2D eigenvalue weighted by Crippen LogP contribution is -2.38. The Morgan fingerprint density at radius 1 is 0.833 bits per heavy atom. The highest BCUT2D eigenvalue weighted by atomic mass is 35.5. The molecule has 5 rings (SSSR count). The van der Waals surface area contributed by atoms with E-state index in [9.17, 15) is 26.0 Å². The van der Waals surface area contributed by atoms with E-state index in [-0.39, 0.29) is 44.2 Å². The van der Waals surface area contributed by atoms with Crippen molar-refractivity contribution in [1.82, 2.24) is 0 Å². The van der Waals surface area contributed by atoms with Crippen LogP contribution in [-0.4, -0.2) is 42.5 Å². The van der Waals surface area contributed by atoms with Crippen molar-refractivity contribution in [1.29, 1.82) is 0 Å². The first-order valence-corrected chi connectivity index (χ1v) is 15.7. The van der Waals surface area contributed by atoms with E-state index in [0.29, 0.717) is 12.4 Å². The minimum Gasteiger partial charge on any atom is -0.486 e. The Bertz CT molecular complexity index is 1840. The van der Waals surface area contributed by atoms with E-state index >= 15 is 0 Å². The summed E-state index contributed by atoms with van der Waals surface area (Å²) >= 11 is 6.04. The third-order valence-corrected chi connectivity index (χ3v) is 9.55. The van der Waals surface area contributed by atoms with Crippen LogP contribution in [0.5, 0.6) is 11.5 Å². The highest BCUT2D eigenvalue weighted by Gasteiger charge is 2.29. The summed E-state index contributed by atoms with van der Waals surface area (Å²) in [5.74, 6) is -0.687. The molecule has 0 aliphatic carbocycles. The van der Waals surface area contributed by atoms with Crippen molar-refractivity contribution in [2.24, 2.45) is 0 Å². The average molecular weight is 632 g/mol. The van der Waals surface area contributed by atoms with Crippen LogP contribution in [0.2, 0.25) is 5.02 Å². The fourth-order valence-electron chi connectivity index (χ4n) is 4.03. The molecule has 0 atom stereocenters. The first-order chi connectivity index (χ1) is 20.0. The second-order valence-corrected chi connectivity index (χ2v) is 12.9. The Morgan fingerprint density at radius 2 is 1.48 bits per heavy atom. The van der Waals surface area contributed by atoms with Gasteiger partial charge in [0.05, 0.1) is 26.2 Å². The van der Waals surface area contributed by atoms with Crippen molar-refractivity contribution in [3.63, 3.8) is 0 Å². The van der Waals surface area contributed by atoms with E-state index in [1.54, 1.807) is 18.2 Å². The van der Waals surface area contributed by atoms with E-state index in [0.717, 1.165) is 16.4 Å². The normalized spacial score (nSPS) is 12.8. The third-order valence-electron chi connectivity index (χ3n) is 6.07. The summed E-state index contributed by atoms with van der Waals surface area (Å²) in [7, 11) is -8.31. The number of hydrogen-bond acceptors (Lipinski definition) is 7. The maximum Gasteiger partial charge on any atom is 0.264 e. The Balaban J connectivity index is 1.35. The van der Waals surface area contributed by atoms with Gasteiger partial charge in [0.1, 0.15) is 25.6 Å². The fourth-order valence-corrected chi connectivity index (χ4v) is 6.79. The Morgan fingerprint density at radius 3 is 2.17 bits per heavy atom. The predicted molar refractivity (Wildman–Crippen MR) is 156 cm³/mol. The maximum atomic E-state index is 13.7. The van der Waals surface area contributed by atoms with Crippen LogP contribution < -0.4 is 23.8 Å². The van der Waals surface area contributed by atoms with Crippen molar-refractivity contribution in [2.75, 3.05) is 34.1 Å².